The van der Waals surface area contributed by atoms with Gasteiger partial charge in [0.25, 0.3) is 0 Å². The number of carbonyl (C=O) groups excluding carboxylic acids is 2. The van der Waals surface area contributed by atoms with E-state index in [2.05, 4.69) is 29.6 Å². The maximum absolute atomic E-state index is 13.7. The normalized spacial score (nSPS) is 12.9. The Kier molecular flexibility index (Phi) is 12.0. The van der Waals surface area contributed by atoms with Gasteiger partial charge in [-0.15, -0.1) is 0 Å². The van der Waals surface area contributed by atoms with E-state index in [-0.39, 0.29) is 66.5 Å². The SMILES string of the molecule is Cc1ccc(S(=O)(=O)N(Cc2ccccc2)[C@@H](CCCCNC(=O)OCC2c3ccccc3-c3ccccc32)C(=O)[O-])cc1.[Na+]. The quantitative estimate of drug-likeness (QED) is 0.178. The topological polar surface area (TPSA) is 116 Å². The molecule has 228 valence electrons. The summed E-state index contributed by atoms with van der Waals surface area (Å²) in [6.07, 6.45) is 0.234. The zero-order valence-electron chi connectivity index (χ0n) is 25.5. The minimum atomic E-state index is -4.15. The zero-order chi connectivity index (χ0) is 31.1. The molecule has 0 unspecified atom stereocenters. The van der Waals surface area contributed by atoms with Crippen molar-refractivity contribution in [3.8, 4) is 11.1 Å². The summed E-state index contributed by atoms with van der Waals surface area (Å²) in [6, 6.07) is 30.0. The smallest absolute Gasteiger partial charge is 0.548 e. The van der Waals surface area contributed by atoms with Crippen molar-refractivity contribution in [2.75, 3.05) is 13.2 Å². The molecule has 1 aliphatic rings. The first kappa shape index (κ1) is 34.4. The fourth-order valence-electron chi connectivity index (χ4n) is 5.65. The van der Waals surface area contributed by atoms with Crippen LogP contribution in [0.4, 0.5) is 4.79 Å². The number of aliphatic carboxylic acids is 1. The fraction of sp³-hybridized carbons (Fsp3) is 0.257. The Morgan fingerprint density at radius 3 is 2.02 bits per heavy atom. The average molecular weight is 635 g/mol. The molecule has 4 aromatic rings. The van der Waals surface area contributed by atoms with Gasteiger partial charge in [-0.2, -0.15) is 4.31 Å². The summed E-state index contributed by atoms with van der Waals surface area (Å²) in [7, 11) is -4.15. The molecule has 1 atom stereocenters. The summed E-state index contributed by atoms with van der Waals surface area (Å²) >= 11 is 0. The molecule has 4 aromatic carbocycles. The van der Waals surface area contributed by atoms with Crippen LogP contribution in [-0.2, 0) is 26.1 Å². The van der Waals surface area contributed by atoms with Gasteiger partial charge in [0, 0.05) is 19.0 Å². The van der Waals surface area contributed by atoms with Crippen LogP contribution in [0.1, 0.15) is 47.4 Å². The van der Waals surface area contributed by atoms with Crippen LogP contribution in [0, 0.1) is 6.92 Å². The summed E-state index contributed by atoms with van der Waals surface area (Å²) in [6.45, 7) is 2.17. The van der Waals surface area contributed by atoms with Gasteiger partial charge in [-0.3, -0.25) is 0 Å². The molecule has 0 radical (unpaired) electrons. The number of fused-ring (bicyclic) bond motifs is 3. The molecule has 0 saturated carbocycles. The first-order chi connectivity index (χ1) is 21.3. The molecule has 1 amide bonds. The summed E-state index contributed by atoms with van der Waals surface area (Å²) in [4.78, 5) is 24.9. The number of hydrogen-bond acceptors (Lipinski definition) is 6. The molecule has 1 N–H and O–H groups in total. The number of carboxylic acid groups (broad SMARTS) is 1. The molecule has 5 rings (SSSR count). The Balaban J connectivity index is 0.00000461. The Bertz CT molecular complexity index is 1670. The van der Waals surface area contributed by atoms with Gasteiger partial charge in [0.15, 0.2) is 0 Å². The van der Waals surface area contributed by atoms with E-state index in [1.165, 1.54) is 12.1 Å². The molecule has 0 fully saturated rings. The number of ether oxygens (including phenoxy) is 1. The second kappa shape index (κ2) is 15.7. The summed E-state index contributed by atoms with van der Waals surface area (Å²) in [5.74, 6) is -1.52. The van der Waals surface area contributed by atoms with E-state index >= 15 is 0 Å². The predicted octanol–water partition coefficient (Wildman–Crippen LogP) is 2.02. The van der Waals surface area contributed by atoms with E-state index in [0.29, 0.717) is 18.4 Å². The standard InChI is InChI=1S/C35H36N2O6S.Na/c1-25-18-20-27(21-19-25)44(41,42)37(23-26-11-3-2-4-12-26)33(34(38)39)17-9-10-22-36-35(40)43-24-32-30-15-7-5-13-28(30)29-14-6-8-16-31(29)32;/h2-8,11-16,18-21,32-33H,9-10,17,22-24H2,1H3,(H,36,40)(H,38,39);/q;+1/p-1/t33-;/m0./s1. The van der Waals surface area contributed by atoms with E-state index < -0.39 is 28.1 Å². The molecule has 0 spiro atoms. The van der Waals surface area contributed by atoms with Crippen molar-refractivity contribution in [2.24, 2.45) is 0 Å². The van der Waals surface area contributed by atoms with Crippen molar-refractivity contribution in [3.05, 3.63) is 125 Å². The molecule has 0 aliphatic heterocycles. The molecular formula is C35H35N2NaO6S. The number of alkyl carbamates (subject to hydrolysis) is 1. The monoisotopic (exact) mass is 634 g/mol. The molecule has 1 aliphatic carbocycles. The number of amides is 1. The molecule has 45 heavy (non-hydrogen) atoms. The molecule has 10 heteroatoms. The van der Waals surface area contributed by atoms with Crippen molar-refractivity contribution in [2.45, 2.75) is 49.6 Å². The van der Waals surface area contributed by atoms with Crippen LogP contribution in [0.5, 0.6) is 0 Å². The molecule has 0 bridgehead atoms. The van der Waals surface area contributed by atoms with E-state index in [1.54, 1.807) is 36.4 Å². The van der Waals surface area contributed by atoms with Gasteiger partial charge in [-0.1, -0.05) is 96.6 Å². The van der Waals surface area contributed by atoms with Gasteiger partial charge >= 0.3 is 35.7 Å². The van der Waals surface area contributed by atoms with Gasteiger partial charge in [-0.25, -0.2) is 13.2 Å². The van der Waals surface area contributed by atoms with Crippen LogP contribution < -0.4 is 40.0 Å². The number of nitrogens with zero attached hydrogens (tertiary/aromatic N) is 1. The number of carbonyl (C=O) groups is 2. The van der Waals surface area contributed by atoms with Crippen molar-refractivity contribution in [1.29, 1.82) is 0 Å². The van der Waals surface area contributed by atoms with E-state index in [1.807, 2.05) is 37.3 Å². The van der Waals surface area contributed by atoms with Crippen molar-refractivity contribution >= 4 is 22.1 Å². The van der Waals surface area contributed by atoms with Gasteiger partial charge in [-0.05, 0) is 66.1 Å². The van der Waals surface area contributed by atoms with E-state index in [4.69, 9.17) is 4.74 Å². The number of hydrogen-bond donors (Lipinski definition) is 1. The number of carboxylic acids is 1. The third-order valence-electron chi connectivity index (χ3n) is 7.95. The number of rotatable bonds is 13. The second-order valence-electron chi connectivity index (χ2n) is 10.9. The minimum absolute atomic E-state index is 0. The largest absolute Gasteiger partial charge is 1.00 e. The Morgan fingerprint density at radius 1 is 0.844 bits per heavy atom. The molecule has 0 saturated heterocycles. The maximum atomic E-state index is 13.7. The van der Waals surface area contributed by atoms with Gasteiger partial charge in [0.05, 0.1) is 16.9 Å². The van der Waals surface area contributed by atoms with Crippen LogP contribution >= 0.6 is 0 Å². The minimum Gasteiger partial charge on any atom is -0.548 e. The number of unbranched alkanes of at least 4 members (excludes halogenated alkanes) is 1. The van der Waals surface area contributed by atoms with E-state index in [9.17, 15) is 23.1 Å². The maximum Gasteiger partial charge on any atom is 1.00 e. The van der Waals surface area contributed by atoms with Crippen LogP contribution in [0.25, 0.3) is 11.1 Å². The van der Waals surface area contributed by atoms with Crippen LogP contribution in [-0.4, -0.2) is 44.0 Å². The number of aryl methyl sites for hydroxylation is 1. The molecule has 8 nitrogen and oxygen atoms in total. The van der Waals surface area contributed by atoms with Crippen molar-refractivity contribution in [3.63, 3.8) is 0 Å². The van der Waals surface area contributed by atoms with Crippen LogP contribution in [0.2, 0.25) is 0 Å². The van der Waals surface area contributed by atoms with Gasteiger partial charge < -0.3 is 20.0 Å². The van der Waals surface area contributed by atoms with Gasteiger partial charge in [0.2, 0.25) is 10.0 Å². The third-order valence-corrected chi connectivity index (χ3v) is 9.81. The predicted molar refractivity (Wildman–Crippen MR) is 166 cm³/mol. The van der Waals surface area contributed by atoms with Crippen molar-refractivity contribution < 1.29 is 57.4 Å². The number of benzene rings is 4. The zero-order valence-corrected chi connectivity index (χ0v) is 28.3. The Hall–Kier alpha value is -3.47. The Labute approximate surface area is 286 Å². The number of sulfonamides is 1. The van der Waals surface area contributed by atoms with Crippen LogP contribution in [0.15, 0.2) is 108 Å². The molecule has 0 aromatic heterocycles. The molecular weight excluding hydrogens is 599 g/mol. The fourth-order valence-corrected chi connectivity index (χ4v) is 7.25. The van der Waals surface area contributed by atoms with Crippen molar-refractivity contribution in [1.82, 2.24) is 9.62 Å². The number of nitrogens with one attached hydrogen (secondary N) is 1. The first-order valence-electron chi connectivity index (χ1n) is 14.7. The van der Waals surface area contributed by atoms with Crippen LogP contribution in [0.3, 0.4) is 0 Å². The summed E-state index contributed by atoms with van der Waals surface area (Å²) in [5.41, 5.74) is 6.08. The summed E-state index contributed by atoms with van der Waals surface area (Å²) < 4.78 is 33.9. The van der Waals surface area contributed by atoms with Gasteiger partial charge in [0.1, 0.15) is 6.61 Å². The first-order valence-corrected chi connectivity index (χ1v) is 16.1. The Morgan fingerprint density at radius 2 is 1.42 bits per heavy atom. The third kappa shape index (κ3) is 8.23. The molecule has 0 heterocycles. The summed E-state index contributed by atoms with van der Waals surface area (Å²) in [5, 5.41) is 15.0. The van der Waals surface area contributed by atoms with E-state index in [0.717, 1.165) is 32.1 Å². The second-order valence-corrected chi connectivity index (χ2v) is 12.8. The average Bonchev–Trinajstić information content (AvgIpc) is 3.35.